The van der Waals surface area contributed by atoms with E-state index in [9.17, 15) is 5.11 Å². The maximum absolute atomic E-state index is 9.94. The van der Waals surface area contributed by atoms with Crippen molar-refractivity contribution in [1.29, 1.82) is 0 Å². The Morgan fingerprint density at radius 1 is 0.467 bits per heavy atom. The number of unbranched alkanes of at least 4 members (excludes halogenated alkanes) is 21. The molecule has 1 atom stereocenters. The summed E-state index contributed by atoms with van der Waals surface area (Å²) in [6.45, 7) is 4.54. The summed E-state index contributed by atoms with van der Waals surface area (Å²) in [6.07, 6.45) is 31.7. The first-order valence-corrected chi connectivity index (χ1v) is 14.0. The van der Waals surface area contributed by atoms with E-state index in [4.69, 9.17) is 0 Å². The molecule has 0 heterocycles. The Hall–Kier alpha value is -0.480. The van der Waals surface area contributed by atoms with E-state index in [1.54, 1.807) is 0 Å². The van der Waals surface area contributed by atoms with Gasteiger partial charge in [0.25, 0.3) is 0 Å². The zero-order valence-electron chi connectivity index (χ0n) is 21.0. The highest BCUT2D eigenvalue weighted by atomic mass is 16.3. The van der Waals surface area contributed by atoms with Crippen LogP contribution < -0.4 is 0 Å². The van der Waals surface area contributed by atoms with E-state index in [-0.39, 0.29) is 0 Å². The molecule has 0 radical (unpaired) electrons. The number of rotatable bonds is 23. The van der Waals surface area contributed by atoms with Crippen molar-refractivity contribution >= 4 is 0 Å². The molecular weight excluding hydrogens is 364 g/mol. The summed E-state index contributed by atoms with van der Waals surface area (Å²) in [5.41, 5.74) is 0. The predicted molar refractivity (Wildman–Crippen MR) is 136 cm³/mol. The van der Waals surface area contributed by atoms with Crippen LogP contribution in [0.5, 0.6) is 0 Å². The lowest BCUT2D eigenvalue weighted by Gasteiger charge is -2.05. The van der Waals surface area contributed by atoms with Gasteiger partial charge in [-0.3, -0.25) is 0 Å². The van der Waals surface area contributed by atoms with Crippen molar-refractivity contribution in [2.75, 3.05) is 0 Å². The maximum Gasteiger partial charge on any atom is 0.114 e. The molecular formula is C29H56O. The van der Waals surface area contributed by atoms with Crippen molar-refractivity contribution in [2.24, 2.45) is 0 Å². The van der Waals surface area contributed by atoms with Crippen molar-refractivity contribution in [2.45, 2.75) is 174 Å². The first-order chi connectivity index (χ1) is 14.8. The minimum Gasteiger partial charge on any atom is -0.380 e. The Morgan fingerprint density at radius 3 is 1.20 bits per heavy atom. The van der Waals surface area contributed by atoms with Crippen LogP contribution >= 0.6 is 0 Å². The van der Waals surface area contributed by atoms with E-state index in [0.717, 1.165) is 19.3 Å². The molecule has 0 aliphatic heterocycles. The summed E-state index contributed by atoms with van der Waals surface area (Å²) in [5.74, 6) is 6.20. The average molecular weight is 421 g/mol. The maximum atomic E-state index is 9.94. The van der Waals surface area contributed by atoms with Crippen molar-refractivity contribution in [3.05, 3.63) is 0 Å². The van der Waals surface area contributed by atoms with Gasteiger partial charge in [-0.2, -0.15) is 0 Å². The molecule has 30 heavy (non-hydrogen) atoms. The molecule has 0 saturated heterocycles. The minimum atomic E-state index is -0.392. The number of aliphatic hydroxyl groups excluding tert-OH is 1. The SMILES string of the molecule is CCCCCCCC#C[C@H](O)CCCCCCCCCCCCCCCCCCC. The van der Waals surface area contributed by atoms with Crippen LogP contribution in [0.4, 0.5) is 0 Å². The van der Waals surface area contributed by atoms with Gasteiger partial charge in [-0.15, -0.1) is 5.92 Å². The van der Waals surface area contributed by atoms with Crippen LogP contribution in [-0.2, 0) is 0 Å². The molecule has 0 bridgehead atoms. The molecule has 0 aromatic heterocycles. The summed E-state index contributed by atoms with van der Waals surface area (Å²) in [6, 6.07) is 0. The lowest BCUT2D eigenvalue weighted by atomic mass is 10.0. The standard InChI is InChI=1S/C29H56O/c1-3-5-7-9-11-12-13-14-15-16-17-18-19-20-22-24-26-28-29(30)27-25-23-21-10-8-6-4-2/h29-30H,3-24,26,28H2,1-2H3/t29-/m0/s1. The van der Waals surface area contributed by atoms with Crippen molar-refractivity contribution < 1.29 is 5.11 Å². The molecule has 0 unspecified atom stereocenters. The second-order valence-electron chi connectivity index (χ2n) is 9.45. The van der Waals surface area contributed by atoms with Crippen LogP contribution in [0.15, 0.2) is 0 Å². The fraction of sp³-hybridized carbons (Fsp3) is 0.931. The van der Waals surface area contributed by atoms with Crippen LogP contribution in [0.2, 0.25) is 0 Å². The van der Waals surface area contributed by atoms with Crippen LogP contribution in [0, 0.1) is 11.8 Å². The fourth-order valence-corrected chi connectivity index (χ4v) is 4.14. The van der Waals surface area contributed by atoms with Gasteiger partial charge < -0.3 is 5.11 Å². The molecule has 0 saturated carbocycles. The Labute approximate surface area is 191 Å². The Balaban J connectivity index is 3.18. The molecule has 1 heteroatoms. The molecule has 0 aliphatic carbocycles. The van der Waals surface area contributed by atoms with Crippen LogP contribution in [0.25, 0.3) is 0 Å². The Bertz CT molecular complexity index is 364. The van der Waals surface area contributed by atoms with Gasteiger partial charge in [0.1, 0.15) is 6.10 Å². The second-order valence-corrected chi connectivity index (χ2v) is 9.45. The van der Waals surface area contributed by atoms with E-state index in [1.807, 2.05) is 0 Å². The van der Waals surface area contributed by atoms with Gasteiger partial charge in [-0.05, 0) is 19.3 Å². The molecule has 1 N–H and O–H groups in total. The molecule has 0 fully saturated rings. The predicted octanol–water partition coefficient (Wildman–Crippen LogP) is 9.75. The van der Waals surface area contributed by atoms with Crippen molar-refractivity contribution in [3.63, 3.8) is 0 Å². The van der Waals surface area contributed by atoms with Crippen LogP contribution in [0.1, 0.15) is 168 Å². The molecule has 1 nitrogen and oxygen atoms in total. The largest absolute Gasteiger partial charge is 0.380 e. The lowest BCUT2D eigenvalue weighted by molar-refractivity contribution is 0.217. The minimum absolute atomic E-state index is 0.392. The topological polar surface area (TPSA) is 20.2 Å². The molecule has 0 amide bonds. The molecule has 0 aromatic rings. The van der Waals surface area contributed by atoms with E-state index in [1.165, 1.54) is 135 Å². The molecule has 0 rings (SSSR count). The van der Waals surface area contributed by atoms with Crippen LogP contribution in [0.3, 0.4) is 0 Å². The normalized spacial score (nSPS) is 12.0. The summed E-state index contributed by atoms with van der Waals surface area (Å²) < 4.78 is 0. The molecule has 0 aliphatic rings. The number of hydrogen-bond acceptors (Lipinski definition) is 1. The van der Waals surface area contributed by atoms with Gasteiger partial charge in [0.15, 0.2) is 0 Å². The molecule has 0 aromatic carbocycles. The van der Waals surface area contributed by atoms with Crippen LogP contribution in [-0.4, -0.2) is 11.2 Å². The zero-order valence-corrected chi connectivity index (χ0v) is 21.0. The summed E-state index contributed by atoms with van der Waals surface area (Å²) >= 11 is 0. The number of aliphatic hydroxyl groups is 1. The highest BCUT2D eigenvalue weighted by Gasteiger charge is 1.99. The van der Waals surface area contributed by atoms with E-state index in [2.05, 4.69) is 25.7 Å². The van der Waals surface area contributed by atoms with Gasteiger partial charge in [-0.25, -0.2) is 0 Å². The summed E-state index contributed by atoms with van der Waals surface area (Å²) in [7, 11) is 0. The van der Waals surface area contributed by atoms with Crippen molar-refractivity contribution in [1.82, 2.24) is 0 Å². The highest BCUT2D eigenvalue weighted by molar-refractivity contribution is 5.04. The third kappa shape index (κ3) is 25.6. The van der Waals surface area contributed by atoms with E-state index >= 15 is 0 Å². The van der Waals surface area contributed by atoms with Gasteiger partial charge >= 0.3 is 0 Å². The third-order valence-electron chi connectivity index (χ3n) is 6.26. The summed E-state index contributed by atoms with van der Waals surface area (Å²) in [5, 5.41) is 9.94. The van der Waals surface area contributed by atoms with E-state index in [0.29, 0.717) is 0 Å². The monoisotopic (exact) mass is 420 g/mol. The molecule has 178 valence electrons. The average Bonchev–Trinajstić information content (AvgIpc) is 2.75. The quantitative estimate of drug-likeness (QED) is 0.129. The van der Waals surface area contributed by atoms with Crippen molar-refractivity contribution in [3.8, 4) is 11.8 Å². The van der Waals surface area contributed by atoms with Gasteiger partial charge in [0.2, 0.25) is 0 Å². The van der Waals surface area contributed by atoms with E-state index < -0.39 is 6.10 Å². The third-order valence-corrected chi connectivity index (χ3v) is 6.26. The summed E-state index contributed by atoms with van der Waals surface area (Å²) in [4.78, 5) is 0. The number of hydrogen-bond donors (Lipinski definition) is 1. The van der Waals surface area contributed by atoms with Gasteiger partial charge in [-0.1, -0.05) is 148 Å². The molecule has 0 spiro atoms. The lowest BCUT2D eigenvalue weighted by Crippen LogP contribution is -2.02. The Morgan fingerprint density at radius 2 is 0.800 bits per heavy atom. The van der Waals surface area contributed by atoms with Gasteiger partial charge in [0, 0.05) is 6.42 Å². The fourth-order valence-electron chi connectivity index (χ4n) is 4.14. The first kappa shape index (κ1) is 29.5. The van der Waals surface area contributed by atoms with Gasteiger partial charge in [0.05, 0.1) is 0 Å². The highest BCUT2D eigenvalue weighted by Crippen LogP contribution is 2.14. The smallest absolute Gasteiger partial charge is 0.114 e. The first-order valence-electron chi connectivity index (χ1n) is 14.0. The Kier molecular flexibility index (Phi) is 26.1. The zero-order chi connectivity index (χ0) is 22.0. The second kappa shape index (κ2) is 26.6.